The fourth-order valence-electron chi connectivity index (χ4n) is 3.67. The van der Waals surface area contributed by atoms with Crippen LogP contribution in [0.15, 0.2) is 58.6 Å². The van der Waals surface area contributed by atoms with Gasteiger partial charge >= 0.3 is 0 Å². The number of rotatable bonds is 5. The van der Waals surface area contributed by atoms with E-state index in [4.69, 9.17) is 0 Å². The molecule has 3 aromatic rings. The monoisotopic (exact) mass is 461 g/mol. The van der Waals surface area contributed by atoms with Crippen LogP contribution in [0.25, 0.3) is 11.8 Å². The molecule has 1 amide bonds. The van der Waals surface area contributed by atoms with Crippen molar-refractivity contribution in [1.29, 1.82) is 5.26 Å². The van der Waals surface area contributed by atoms with E-state index >= 15 is 0 Å². The maximum atomic E-state index is 12.7. The highest BCUT2D eigenvalue weighted by Crippen LogP contribution is 2.28. The second-order valence-electron chi connectivity index (χ2n) is 7.23. The number of nitriles is 1. The number of para-hydroxylation sites is 1. The molecular weight excluding hydrogens is 438 g/mol. The Morgan fingerprint density at radius 3 is 2.57 bits per heavy atom. The van der Waals surface area contributed by atoms with Gasteiger partial charge in [-0.3, -0.25) is 4.79 Å². The molecule has 4 nitrogen and oxygen atoms in total. The number of hydrogen-bond donors (Lipinski definition) is 1. The number of halogens is 1. The molecule has 5 heteroatoms. The number of aryl methyl sites for hydroxylation is 3. The molecule has 0 saturated carbocycles. The van der Waals surface area contributed by atoms with Crippen LogP contribution in [0.4, 0.5) is 5.69 Å². The molecule has 0 radical (unpaired) electrons. The van der Waals surface area contributed by atoms with Crippen LogP contribution in [0.3, 0.4) is 0 Å². The average Bonchev–Trinajstić information content (AvgIpc) is 2.98. The maximum Gasteiger partial charge on any atom is 0.266 e. The summed E-state index contributed by atoms with van der Waals surface area (Å²) < 4.78 is 3.07. The van der Waals surface area contributed by atoms with Gasteiger partial charge in [-0.05, 0) is 74.2 Å². The molecule has 30 heavy (non-hydrogen) atoms. The first-order chi connectivity index (χ1) is 14.3. The number of benzene rings is 2. The van der Waals surface area contributed by atoms with E-state index in [1.165, 1.54) is 16.8 Å². The quantitative estimate of drug-likeness (QED) is 0.359. The predicted molar refractivity (Wildman–Crippen MR) is 126 cm³/mol. The first kappa shape index (κ1) is 21.6. The fraction of sp³-hybridized carbons (Fsp3) is 0.200. The number of anilines is 1. The Hall–Kier alpha value is -3.10. The molecular formula is C25H24BrN3O. The van der Waals surface area contributed by atoms with Crippen LogP contribution in [-0.4, -0.2) is 10.5 Å². The minimum Gasteiger partial charge on any atom is -0.321 e. The van der Waals surface area contributed by atoms with Gasteiger partial charge in [0.2, 0.25) is 0 Å². The van der Waals surface area contributed by atoms with Crippen LogP contribution in [0, 0.1) is 32.1 Å². The van der Waals surface area contributed by atoms with Crippen molar-refractivity contribution < 1.29 is 4.79 Å². The highest BCUT2D eigenvalue weighted by Gasteiger charge is 2.16. The van der Waals surface area contributed by atoms with Crippen molar-refractivity contribution in [1.82, 2.24) is 4.57 Å². The molecule has 0 spiro atoms. The smallest absolute Gasteiger partial charge is 0.266 e. The Labute approximate surface area is 186 Å². The fourth-order valence-corrected chi connectivity index (χ4v) is 4.07. The van der Waals surface area contributed by atoms with E-state index in [0.29, 0.717) is 5.69 Å². The molecule has 1 N–H and O–H groups in total. The molecule has 1 aromatic heterocycles. The summed E-state index contributed by atoms with van der Waals surface area (Å²) in [6, 6.07) is 17.7. The van der Waals surface area contributed by atoms with E-state index in [1.54, 1.807) is 18.2 Å². The van der Waals surface area contributed by atoms with Crippen molar-refractivity contribution in [3.63, 3.8) is 0 Å². The molecule has 0 aliphatic carbocycles. The van der Waals surface area contributed by atoms with Gasteiger partial charge in [0.1, 0.15) is 11.6 Å². The van der Waals surface area contributed by atoms with E-state index in [9.17, 15) is 10.1 Å². The number of amides is 1. The normalized spacial score (nSPS) is 11.3. The van der Waals surface area contributed by atoms with Gasteiger partial charge in [0.25, 0.3) is 5.91 Å². The highest BCUT2D eigenvalue weighted by molar-refractivity contribution is 9.10. The number of aromatic nitrogens is 1. The lowest BCUT2D eigenvalue weighted by Gasteiger charge is -2.17. The summed E-state index contributed by atoms with van der Waals surface area (Å²) in [4.78, 5) is 12.7. The standard InChI is InChI=1S/C25H24BrN3O/c1-5-19-9-6-8-16(2)24(19)29-17(3)12-20(18(29)4)13-21(15-27)25(30)28-23-11-7-10-22(26)14-23/h6-14H,5H2,1-4H3,(H,28,30)/b21-13-. The van der Waals surface area contributed by atoms with Crippen LogP contribution in [0.2, 0.25) is 0 Å². The Morgan fingerprint density at radius 2 is 1.90 bits per heavy atom. The number of nitrogens with one attached hydrogen (secondary N) is 1. The third-order valence-electron chi connectivity index (χ3n) is 5.14. The molecule has 0 atom stereocenters. The van der Waals surface area contributed by atoms with Crippen LogP contribution in [-0.2, 0) is 11.2 Å². The summed E-state index contributed by atoms with van der Waals surface area (Å²) in [7, 11) is 0. The molecule has 152 valence electrons. The minimum absolute atomic E-state index is 0.0655. The first-order valence-electron chi connectivity index (χ1n) is 9.82. The minimum atomic E-state index is -0.425. The largest absolute Gasteiger partial charge is 0.321 e. The van der Waals surface area contributed by atoms with E-state index in [2.05, 4.69) is 57.9 Å². The summed E-state index contributed by atoms with van der Waals surface area (Å²) in [6.07, 6.45) is 2.59. The van der Waals surface area contributed by atoms with Crippen molar-refractivity contribution in [2.24, 2.45) is 0 Å². The van der Waals surface area contributed by atoms with Crippen molar-refractivity contribution in [2.75, 3.05) is 5.32 Å². The van der Waals surface area contributed by atoms with Crippen LogP contribution < -0.4 is 5.32 Å². The van der Waals surface area contributed by atoms with Gasteiger partial charge < -0.3 is 9.88 Å². The van der Waals surface area contributed by atoms with Gasteiger partial charge in [0.05, 0.1) is 5.69 Å². The third kappa shape index (κ3) is 4.39. The van der Waals surface area contributed by atoms with Crippen LogP contribution in [0.5, 0.6) is 0 Å². The summed E-state index contributed by atoms with van der Waals surface area (Å²) in [5.74, 6) is -0.425. The van der Waals surface area contributed by atoms with Crippen molar-refractivity contribution >= 4 is 33.6 Å². The Kier molecular flexibility index (Phi) is 6.59. The van der Waals surface area contributed by atoms with Gasteiger partial charge in [-0.2, -0.15) is 5.26 Å². The van der Waals surface area contributed by atoms with Gasteiger partial charge in [0, 0.05) is 21.5 Å². The van der Waals surface area contributed by atoms with Crippen molar-refractivity contribution in [3.05, 3.63) is 86.7 Å². The number of nitrogens with zero attached hydrogens (tertiary/aromatic N) is 2. The zero-order chi connectivity index (χ0) is 21.8. The van der Waals surface area contributed by atoms with Crippen molar-refractivity contribution in [2.45, 2.75) is 34.1 Å². The Balaban J connectivity index is 2.01. The van der Waals surface area contributed by atoms with E-state index in [-0.39, 0.29) is 5.57 Å². The molecule has 0 aliphatic heterocycles. The highest BCUT2D eigenvalue weighted by atomic mass is 79.9. The lowest BCUT2D eigenvalue weighted by atomic mass is 10.1. The van der Waals surface area contributed by atoms with Crippen LogP contribution >= 0.6 is 15.9 Å². The summed E-state index contributed by atoms with van der Waals surface area (Å²) in [5.41, 5.74) is 7.25. The molecule has 0 unspecified atom stereocenters. The van der Waals surface area contributed by atoms with Gasteiger partial charge in [0.15, 0.2) is 0 Å². The molecule has 1 heterocycles. The van der Waals surface area contributed by atoms with Crippen molar-refractivity contribution in [3.8, 4) is 11.8 Å². The van der Waals surface area contributed by atoms with E-state index < -0.39 is 5.91 Å². The van der Waals surface area contributed by atoms with Gasteiger partial charge in [-0.25, -0.2) is 0 Å². The second-order valence-corrected chi connectivity index (χ2v) is 8.15. The lowest BCUT2D eigenvalue weighted by Crippen LogP contribution is -2.13. The Morgan fingerprint density at radius 1 is 1.17 bits per heavy atom. The first-order valence-corrected chi connectivity index (χ1v) is 10.6. The zero-order valence-electron chi connectivity index (χ0n) is 17.6. The predicted octanol–water partition coefficient (Wildman–Crippen LogP) is 6.27. The van der Waals surface area contributed by atoms with Gasteiger partial charge in [-0.15, -0.1) is 0 Å². The molecule has 0 fully saturated rings. The topological polar surface area (TPSA) is 57.8 Å². The summed E-state index contributed by atoms with van der Waals surface area (Å²) >= 11 is 3.39. The third-order valence-corrected chi connectivity index (χ3v) is 5.64. The molecule has 3 rings (SSSR count). The second kappa shape index (κ2) is 9.15. The van der Waals surface area contributed by atoms with Crippen LogP contribution in [0.1, 0.15) is 35.0 Å². The zero-order valence-corrected chi connectivity index (χ0v) is 19.2. The molecule has 0 saturated heterocycles. The number of carbonyl (C=O) groups excluding carboxylic acids is 1. The Bertz CT molecular complexity index is 1180. The summed E-state index contributed by atoms with van der Waals surface area (Å²) in [5, 5.41) is 12.4. The SMILES string of the molecule is CCc1cccc(C)c1-n1c(C)cc(/C=C(/C#N)C(=O)Nc2cccc(Br)c2)c1C. The molecule has 2 aromatic carbocycles. The van der Waals surface area contributed by atoms with Gasteiger partial charge in [-0.1, -0.05) is 47.1 Å². The average molecular weight is 462 g/mol. The summed E-state index contributed by atoms with van der Waals surface area (Å²) in [6.45, 7) is 8.32. The lowest BCUT2D eigenvalue weighted by molar-refractivity contribution is -0.112. The molecule has 0 bridgehead atoms. The maximum absolute atomic E-state index is 12.7. The molecule has 0 aliphatic rings. The van der Waals surface area contributed by atoms with E-state index in [1.807, 2.05) is 38.1 Å². The van der Waals surface area contributed by atoms with E-state index in [0.717, 1.165) is 27.8 Å². The number of carbonyl (C=O) groups is 1. The number of hydrogen-bond acceptors (Lipinski definition) is 2.